The molecule has 0 atom stereocenters. The van der Waals surface area contributed by atoms with Crippen molar-refractivity contribution in [3.63, 3.8) is 0 Å². The third kappa shape index (κ3) is 2.16. The normalized spacial score (nSPS) is 10.1. The number of rotatable bonds is 2. The number of nitrogen functional groups attached to an aromatic ring is 1. The zero-order valence-corrected chi connectivity index (χ0v) is 9.57. The standard InChI is InChI=1S/C14H15N2/c1-16(2)14-5-3-4-12(10-14)11-6-8-13(15)9-7-11/h3-9H,15H2,1-2H3. The molecule has 0 fully saturated rings. The van der Waals surface area contributed by atoms with Crippen molar-refractivity contribution in [3.05, 3.63) is 48.5 Å². The van der Waals surface area contributed by atoms with Gasteiger partial charge < -0.3 is 10.6 Å². The smallest absolute Gasteiger partial charge is 0.0448 e. The fraction of sp³-hybridized carbons (Fsp3) is 0.143. The van der Waals surface area contributed by atoms with E-state index in [0.29, 0.717) is 0 Å². The Morgan fingerprint density at radius 3 is 2.31 bits per heavy atom. The van der Waals surface area contributed by atoms with Gasteiger partial charge in [-0.3, -0.25) is 0 Å². The van der Waals surface area contributed by atoms with Gasteiger partial charge in [-0.25, -0.2) is 0 Å². The number of hydrogen-bond donors (Lipinski definition) is 1. The monoisotopic (exact) mass is 211 g/mol. The molecule has 2 N–H and O–H groups in total. The summed E-state index contributed by atoms with van der Waals surface area (Å²) in [7, 11) is 4.02. The van der Waals surface area contributed by atoms with Crippen LogP contribution in [0.3, 0.4) is 0 Å². The molecule has 0 saturated carbocycles. The van der Waals surface area contributed by atoms with E-state index >= 15 is 0 Å². The number of benzene rings is 2. The average Bonchev–Trinajstić information content (AvgIpc) is 2.30. The van der Waals surface area contributed by atoms with Crippen LogP contribution in [0.5, 0.6) is 0 Å². The minimum absolute atomic E-state index is 0.785. The minimum atomic E-state index is 0.785. The second-order valence-corrected chi connectivity index (χ2v) is 3.97. The van der Waals surface area contributed by atoms with Gasteiger partial charge in [0.15, 0.2) is 0 Å². The van der Waals surface area contributed by atoms with Gasteiger partial charge in [-0.05, 0) is 29.3 Å². The first-order chi connectivity index (χ1) is 7.66. The number of anilines is 2. The summed E-state index contributed by atoms with van der Waals surface area (Å²) in [6.07, 6.45) is 0. The van der Waals surface area contributed by atoms with Gasteiger partial charge in [-0.1, -0.05) is 24.3 Å². The number of nitrogens with two attached hydrogens (primary N) is 1. The Labute approximate surface area is 96.3 Å². The molecular weight excluding hydrogens is 196 g/mol. The molecule has 0 bridgehead atoms. The molecule has 2 aromatic carbocycles. The topological polar surface area (TPSA) is 29.3 Å². The van der Waals surface area contributed by atoms with Crippen LogP contribution in [0.15, 0.2) is 42.5 Å². The first kappa shape index (κ1) is 10.6. The molecule has 81 valence electrons. The highest BCUT2D eigenvalue weighted by atomic mass is 15.1. The molecule has 0 aliphatic rings. The zero-order chi connectivity index (χ0) is 11.5. The summed E-state index contributed by atoms with van der Waals surface area (Å²) in [6, 6.07) is 17.3. The van der Waals surface area contributed by atoms with Crippen molar-refractivity contribution >= 4 is 11.4 Å². The van der Waals surface area contributed by atoms with Crippen molar-refractivity contribution < 1.29 is 0 Å². The highest BCUT2D eigenvalue weighted by Crippen LogP contribution is 2.23. The summed E-state index contributed by atoms with van der Waals surface area (Å²) in [5.74, 6) is 0. The molecule has 0 amide bonds. The van der Waals surface area contributed by atoms with Crippen LogP contribution in [0, 0.1) is 6.07 Å². The fourth-order valence-electron chi connectivity index (χ4n) is 1.55. The van der Waals surface area contributed by atoms with E-state index in [1.54, 1.807) is 0 Å². The van der Waals surface area contributed by atoms with Gasteiger partial charge >= 0.3 is 0 Å². The molecule has 2 nitrogen and oxygen atoms in total. The molecule has 0 saturated heterocycles. The molecule has 2 aromatic rings. The maximum atomic E-state index is 5.66. The van der Waals surface area contributed by atoms with Crippen molar-refractivity contribution in [1.29, 1.82) is 0 Å². The van der Waals surface area contributed by atoms with Crippen molar-refractivity contribution in [1.82, 2.24) is 0 Å². The van der Waals surface area contributed by atoms with Crippen LogP contribution in [0.1, 0.15) is 0 Å². The third-order valence-electron chi connectivity index (χ3n) is 2.48. The molecule has 0 aromatic heterocycles. The van der Waals surface area contributed by atoms with Crippen molar-refractivity contribution in [3.8, 4) is 11.1 Å². The summed E-state index contributed by atoms with van der Waals surface area (Å²) in [5.41, 5.74) is 9.75. The SMILES string of the molecule is CN(C)c1[c]c(-c2ccc(N)cc2)ccc1. The van der Waals surface area contributed by atoms with E-state index < -0.39 is 0 Å². The van der Waals surface area contributed by atoms with E-state index in [1.807, 2.05) is 55.4 Å². The Bertz CT molecular complexity index is 472. The van der Waals surface area contributed by atoms with Gasteiger partial charge in [0.25, 0.3) is 0 Å². The summed E-state index contributed by atoms with van der Waals surface area (Å²) in [5, 5.41) is 0. The van der Waals surface area contributed by atoms with Gasteiger partial charge in [-0.15, -0.1) is 0 Å². The van der Waals surface area contributed by atoms with Gasteiger partial charge in [0.1, 0.15) is 0 Å². The van der Waals surface area contributed by atoms with Crippen LogP contribution in [-0.4, -0.2) is 14.1 Å². The van der Waals surface area contributed by atoms with E-state index in [-0.39, 0.29) is 0 Å². The van der Waals surface area contributed by atoms with E-state index in [2.05, 4.69) is 12.1 Å². The van der Waals surface area contributed by atoms with Gasteiger partial charge in [0, 0.05) is 31.5 Å². The van der Waals surface area contributed by atoms with E-state index in [0.717, 1.165) is 22.5 Å². The molecule has 0 aliphatic heterocycles. The second-order valence-electron chi connectivity index (χ2n) is 3.97. The molecule has 16 heavy (non-hydrogen) atoms. The summed E-state index contributed by atoms with van der Waals surface area (Å²) < 4.78 is 0. The molecule has 0 heterocycles. The van der Waals surface area contributed by atoms with Crippen LogP contribution >= 0.6 is 0 Å². The summed E-state index contributed by atoms with van der Waals surface area (Å²) in [6.45, 7) is 0. The van der Waals surface area contributed by atoms with Crippen LogP contribution < -0.4 is 10.6 Å². The lowest BCUT2D eigenvalue weighted by molar-refractivity contribution is 1.13. The Kier molecular flexibility index (Phi) is 2.82. The molecular formula is C14H15N2. The number of nitrogens with zero attached hydrogens (tertiary/aromatic N) is 1. The summed E-state index contributed by atoms with van der Waals surface area (Å²) in [4.78, 5) is 2.04. The third-order valence-corrected chi connectivity index (χ3v) is 2.48. The average molecular weight is 211 g/mol. The maximum absolute atomic E-state index is 5.66. The fourth-order valence-corrected chi connectivity index (χ4v) is 1.55. The predicted octanol–water partition coefficient (Wildman–Crippen LogP) is 2.80. The maximum Gasteiger partial charge on any atom is 0.0448 e. The van der Waals surface area contributed by atoms with Crippen LogP contribution in [0.4, 0.5) is 11.4 Å². The minimum Gasteiger partial charge on any atom is -0.399 e. The lowest BCUT2D eigenvalue weighted by Gasteiger charge is -2.13. The summed E-state index contributed by atoms with van der Waals surface area (Å²) >= 11 is 0. The first-order valence-corrected chi connectivity index (χ1v) is 5.22. The molecule has 2 rings (SSSR count). The van der Waals surface area contributed by atoms with Gasteiger partial charge in [-0.2, -0.15) is 0 Å². The first-order valence-electron chi connectivity index (χ1n) is 5.22. The lowest BCUT2D eigenvalue weighted by atomic mass is 10.0. The largest absolute Gasteiger partial charge is 0.399 e. The van der Waals surface area contributed by atoms with Gasteiger partial charge in [0.2, 0.25) is 0 Å². The Balaban J connectivity index is 2.40. The number of hydrogen-bond acceptors (Lipinski definition) is 2. The Hall–Kier alpha value is -1.96. The molecule has 2 heteroatoms. The predicted molar refractivity (Wildman–Crippen MR) is 69.5 cm³/mol. The van der Waals surface area contributed by atoms with E-state index in [9.17, 15) is 0 Å². The molecule has 0 spiro atoms. The second kappa shape index (κ2) is 4.27. The quantitative estimate of drug-likeness (QED) is 0.774. The lowest BCUT2D eigenvalue weighted by Crippen LogP contribution is -2.08. The van der Waals surface area contributed by atoms with Crippen LogP contribution in [-0.2, 0) is 0 Å². The molecule has 0 aliphatic carbocycles. The van der Waals surface area contributed by atoms with Gasteiger partial charge in [0.05, 0.1) is 0 Å². The van der Waals surface area contributed by atoms with E-state index in [1.165, 1.54) is 0 Å². The molecule has 1 radical (unpaired) electrons. The van der Waals surface area contributed by atoms with E-state index in [4.69, 9.17) is 5.73 Å². The highest BCUT2D eigenvalue weighted by Gasteiger charge is 2.00. The Morgan fingerprint density at radius 2 is 1.69 bits per heavy atom. The Morgan fingerprint density at radius 1 is 1.00 bits per heavy atom. The van der Waals surface area contributed by atoms with Crippen LogP contribution in [0.2, 0.25) is 0 Å². The zero-order valence-electron chi connectivity index (χ0n) is 9.57. The van der Waals surface area contributed by atoms with Crippen molar-refractivity contribution in [2.75, 3.05) is 24.7 Å². The van der Waals surface area contributed by atoms with Crippen molar-refractivity contribution in [2.24, 2.45) is 0 Å². The van der Waals surface area contributed by atoms with Crippen molar-refractivity contribution in [2.45, 2.75) is 0 Å². The highest BCUT2D eigenvalue weighted by molar-refractivity contribution is 5.68. The van der Waals surface area contributed by atoms with Crippen LogP contribution in [0.25, 0.3) is 11.1 Å². The molecule has 0 unspecified atom stereocenters.